The van der Waals surface area contributed by atoms with Gasteiger partial charge in [0.15, 0.2) is 0 Å². The molecule has 0 fully saturated rings. The van der Waals surface area contributed by atoms with Crippen molar-refractivity contribution in [1.82, 2.24) is 9.62 Å². The lowest BCUT2D eigenvalue weighted by Gasteiger charge is -2.20. The van der Waals surface area contributed by atoms with E-state index in [4.69, 9.17) is 11.6 Å². The van der Waals surface area contributed by atoms with Crippen LogP contribution in [0.1, 0.15) is 38.2 Å². The molecule has 0 atom stereocenters. The highest BCUT2D eigenvalue weighted by Gasteiger charge is 2.19. The Balaban J connectivity index is 2.56. The van der Waals surface area contributed by atoms with E-state index < -0.39 is 10.0 Å². The summed E-state index contributed by atoms with van der Waals surface area (Å²) in [5.41, 5.74) is 0.725. The van der Waals surface area contributed by atoms with Crippen LogP contribution in [-0.4, -0.2) is 38.0 Å². The van der Waals surface area contributed by atoms with Crippen molar-refractivity contribution in [3.05, 3.63) is 34.9 Å². The minimum atomic E-state index is -3.41. The van der Waals surface area contributed by atoms with Crippen molar-refractivity contribution < 1.29 is 13.2 Å². The molecule has 0 heterocycles. The lowest BCUT2D eigenvalue weighted by molar-refractivity contribution is -0.121. The summed E-state index contributed by atoms with van der Waals surface area (Å²) in [5.74, 6) is -0.131. The van der Waals surface area contributed by atoms with E-state index in [2.05, 4.69) is 12.2 Å². The SMILES string of the molecule is CCCCCNC(=O)CCN(Cc1ccccc1Cl)S(C)(=O)=O. The molecule has 23 heavy (non-hydrogen) atoms. The Morgan fingerprint density at radius 1 is 1.26 bits per heavy atom. The number of hydrogen-bond acceptors (Lipinski definition) is 3. The smallest absolute Gasteiger partial charge is 0.221 e. The predicted octanol–water partition coefficient (Wildman–Crippen LogP) is 2.80. The molecular weight excluding hydrogens is 336 g/mol. The average molecular weight is 361 g/mol. The number of sulfonamides is 1. The Labute approximate surface area is 144 Å². The number of carbonyl (C=O) groups is 1. The van der Waals surface area contributed by atoms with Gasteiger partial charge in [0.2, 0.25) is 15.9 Å². The van der Waals surface area contributed by atoms with Gasteiger partial charge in [-0.3, -0.25) is 4.79 Å². The van der Waals surface area contributed by atoms with Crippen molar-refractivity contribution in [3.8, 4) is 0 Å². The standard InChI is InChI=1S/C16H25ClN2O3S/c1-3-4-7-11-18-16(20)10-12-19(23(2,21)22)13-14-8-5-6-9-15(14)17/h5-6,8-9H,3-4,7,10-13H2,1-2H3,(H,18,20). The monoisotopic (exact) mass is 360 g/mol. The number of nitrogens with zero attached hydrogens (tertiary/aromatic N) is 1. The van der Waals surface area contributed by atoms with Crippen LogP contribution in [0.15, 0.2) is 24.3 Å². The van der Waals surface area contributed by atoms with E-state index in [0.29, 0.717) is 11.6 Å². The highest BCUT2D eigenvalue weighted by Crippen LogP contribution is 2.18. The number of rotatable bonds is 10. The van der Waals surface area contributed by atoms with Crippen LogP contribution in [-0.2, 0) is 21.4 Å². The van der Waals surface area contributed by atoms with Crippen LogP contribution in [0.3, 0.4) is 0 Å². The summed E-state index contributed by atoms with van der Waals surface area (Å²) >= 11 is 6.08. The molecule has 0 spiro atoms. The zero-order chi connectivity index (χ0) is 17.3. The minimum Gasteiger partial charge on any atom is -0.356 e. The summed E-state index contributed by atoms with van der Waals surface area (Å²) in [4.78, 5) is 11.8. The largest absolute Gasteiger partial charge is 0.356 e. The maximum absolute atomic E-state index is 11.9. The molecule has 1 aromatic carbocycles. The van der Waals surface area contributed by atoms with Crippen LogP contribution >= 0.6 is 11.6 Å². The number of carbonyl (C=O) groups excluding carboxylic acids is 1. The maximum Gasteiger partial charge on any atom is 0.221 e. The van der Waals surface area contributed by atoms with Gasteiger partial charge >= 0.3 is 0 Å². The number of halogens is 1. The van der Waals surface area contributed by atoms with Crippen LogP contribution in [0.2, 0.25) is 5.02 Å². The second-order valence-electron chi connectivity index (χ2n) is 5.50. The first-order chi connectivity index (χ1) is 10.8. The van der Waals surface area contributed by atoms with Crippen molar-refractivity contribution in [3.63, 3.8) is 0 Å². The normalized spacial score (nSPS) is 11.7. The molecule has 1 rings (SSSR count). The van der Waals surface area contributed by atoms with Gasteiger partial charge in [0.05, 0.1) is 6.26 Å². The number of nitrogens with one attached hydrogen (secondary N) is 1. The topological polar surface area (TPSA) is 66.5 Å². The van der Waals surface area contributed by atoms with Crippen LogP contribution in [0.5, 0.6) is 0 Å². The van der Waals surface area contributed by atoms with Crippen LogP contribution < -0.4 is 5.32 Å². The summed E-state index contributed by atoms with van der Waals surface area (Å²) in [6.07, 6.45) is 4.39. The van der Waals surface area contributed by atoms with Crippen molar-refractivity contribution in [1.29, 1.82) is 0 Å². The average Bonchev–Trinajstić information content (AvgIpc) is 2.48. The predicted molar refractivity (Wildman–Crippen MR) is 93.9 cm³/mol. The summed E-state index contributed by atoms with van der Waals surface area (Å²) < 4.78 is 25.1. The molecule has 130 valence electrons. The quantitative estimate of drug-likeness (QED) is 0.652. The number of amides is 1. The molecule has 0 radical (unpaired) electrons. The Morgan fingerprint density at radius 2 is 1.96 bits per heavy atom. The van der Waals surface area contributed by atoms with Gasteiger partial charge in [0.1, 0.15) is 0 Å². The third-order valence-corrected chi connectivity index (χ3v) is 5.08. The maximum atomic E-state index is 11.9. The van der Waals surface area contributed by atoms with Crippen molar-refractivity contribution in [2.24, 2.45) is 0 Å². The molecular formula is C16H25ClN2O3S. The van der Waals surface area contributed by atoms with E-state index in [0.717, 1.165) is 31.1 Å². The fourth-order valence-corrected chi connectivity index (χ4v) is 3.09. The zero-order valence-corrected chi connectivity index (χ0v) is 15.3. The number of benzene rings is 1. The molecule has 1 aromatic rings. The molecule has 0 aliphatic heterocycles. The van der Waals surface area contributed by atoms with E-state index in [1.165, 1.54) is 4.31 Å². The molecule has 0 unspecified atom stereocenters. The Hall–Kier alpha value is -1.11. The van der Waals surface area contributed by atoms with Crippen LogP contribution in [0, 0.1) is 0 Å². The second kappa shape index (κ2) is 9.90. The summed E-state index contributed by atoms with van der Waals surface area (Å²) in [5, 5.41) is 3.33. The molecule has 0 saturated carbocycles. The van der Waals surface area contributed by atoms with Gasteiger partial charge in [-0.05, 0) is 18.1 Å². The first-order valence-corrected chi connectivity index (χ1v) is 10.0. The fourth-order valence-electron chi connectivity index (χ4n) is 2.10. The van der Waals surface area contributed by atoms with Gasteiger partial charge < -0.3 is 5.32 Å². The van der Waals surface area contributed by atoms with Gasteiger partial charge in [0, 0.05) is 31.1 Å². The minimum absolute atomic E-state index is 0.131. The van der Waals surface area contributed by atoms with E-state index in [-0.39, 0.29) is 25.4 Å². The Morgan fingerprint density at radius 3 is 2.57 bits per heavy atom. The molecule has 0 saturated heterocycles. The van der Waals surface area contributed by atoms with Gasteiger partial charge in [-0.1, -0.05) is 49.6 Å². The summed E-state index contributed by atoms with van der Waals surface area (Å²) in [6.45, 7) is 3.04. The van der Waals surface area contributed by atoms with E-state index in [9.17, 15) is 13.2 Å². The van der Waals surface area contributed by atoms with Gasteiger partial charge in [0.25, 0.3) is 0 Å². The molecule has 0 aliphatic carbocycles. The summed E-state index contributed by atoms with van der Waals surface area (Å²) in [7, 11) is -3.41. The molecule has 5 nitrogen and oxygen atoms in total. The fraction of sp³-hybridized carbons (Fsp3) is 0.562. The third kappa shape index (κ3) is 7.81. The molecule has 1 amide bonds. The molecule has 7 heteroatoms. The van der Waals surface area contributed by atoms with E-state index in [1.807, 2.05) is 6.07 Å². The molecule has 0 aromatic heterocycles. The van der Waals surface area contributed by atoms with E-state index >= 15 is 0 Å². The lowest BCUT2D eigenvalue weighted by Crippen LogP contribution is -2.34. The Kier molecular flexibility index (Phi) is 8.58. The lowest BCUT2D eigenvalue weighted by atomic mass is 10.2. The van der Waals surface area contributed by atoms with Crippen LogP contribution in [0.4, 0.5) is 0 Å². The first kappa shape index (κ1) is 19.9. The Bertz CT molecular complexity index is 605. The van der Waals surface area contributed by atoms with Gasteiger partial charge in [-0.25, -0.2) is 8.42 Å². The van der Waals surface area contributed by atoms with Crippen molar-refractivity contribution in [2.45, 2.75) is 39.2 Å². The number of unbranched alkanes of at least 4 members (excludes halogenated alkanes) is 2. The van der Waals surface area contributed by atoms with Gasteiger partial charge in [-0.2, -0.15) is 4.31 Å². The van der Waals surface area contributed by atoms with Crippen LogP contribution in [0.25, 0.3) is 0 Å². The first-order valence-electron chi connectivity index (χ1n) is 7.79. The second-order valence-corrected chi connectivity index (χ2v) is 7.88. The van der Waals surface area contributed by atoms with E-state index in [1.54, 1.807) is 18.2 Å². The third-order valence-electron chi connectivity index (χ3n) is 3.46. The molecule has 0 bridgehead atoms. The summed E-state index contributed by atoms with van der Waals surface area (Å²) in [6, 6.07) is 7.10. The van der Waals surface area contributed by atoms with Crippen molar-refractivity contribution >= 4 is 27.5 Å². The van der Waals surface area contributed by atoms with Crippen molar-refractivity contribution in [2.75, 3.05) is 19.3 Å². The molecule has 1 N–H and O–H groups in total. The highest BCUT2D eigenvalue weighted by atomic mass is 35.5. The number of hydrogen-bond donors (Lipinski definition) is 1. The van der Waals surface area contributed by atoms with Gasteiger partial charge in [-0.15, -0.1) is 0 Å². The zero-order valence-electron chi connectivity index (χ0n) is 13.7. The molecule has 0 aliphatic rings. The highest BCUT2D eigenvalue weighted by molar-refractivity contribution is 7.88.